The second-order valence-corrected chi connectivity index (χ2v) is 7.44. The lowest BCUT2D eigenvalue weighted by Crippen LogP contribution is -2.34. The minimum Gasteiger partial charge on any atom is -0.395 e. The number of aromatic amines is 1. The predicted molar refractivity (Wildman–Crippen MR) is 126 cm³/mol. The van der Waals surface area contributed by atoms with Gasteiger partial charge in [-0.15, -0.1) is 0 Å². The van der Waals surface area contributed by atoms with Gasteiger partial charge in [0.25, 0.3) is 0 Å². The molecule has 2 amide bonds. The van der Waals surface area contributed by atoms with Gasteiger partial charge in [-0.2, -0.15) is 0 Å². The minimum absolute atomic E-state index is 0.0629. The van der Waals surface area contributed by atoms with Crippen LogP contribution in [-0.4, -0.2) is 35.1 Å². The summed E-state index contributed by atoms with van der Waals surface area (Å²) >= 11 is 0. The molecular formula is C25H29N3O3. The van der Waals surface area contributed by atoms with Crippen LogP contribution in [-0.2, 0) is 9.59 Å². The molecule has 0 aliphatic carbocycles. The highest BCUT2D eigenvalue weighted by Gasteiger charge is 2.17. The Hall–Kier alpha value is -3.38. The minimum atomic E-state index is -0.216. The standard InChI is InChI=1S/C25H29N3O3/c1-3-4-18(2)19-5-7-21(8-6-19)27-24(30)11-12-25(31)28(15-16-29)22-9-10-23-20(17-22)13-14-26-23/h4-10,13-14,17,26,29H,3,11-12,15-16H2,1-2H3,(H,27,30). The number of nitrogens with one attached hydrogen (secondary N) is 2. The number of nitrogens with zero attached hydrogens (tertiary/aromatic N) is 1. The highest BCUT2D eigenvalue weighted by Crippen LogP contribution is 2.22. The van der Waals surface area contributed by atoms with Gasteiger partial charge in [-0.3, -0.25) is 9.59 Å². The molecular weight excluding hydrogens is 390 g/mol. The Morgan fingerprint density at radius 3 is 2.58 bits per heavy atom. The molecule has 162 valence electrons. The average molecular weight is 420 g/mol. The monoisotopic (exact) mass is 419 g/mol. The van der Waals surface area contributed by atoms with Gasteiger partial charge >= 0.3 is 0 Å². The van der Waals surface area contributed by atoms with Crippen molar-refractivity contribution in [3.05, 3.63) is 66.4 Å². The molecule has 3 rings (SSSR count). The molecule has 0 radical (unpaired) electrons. The Kier molecular flexibility index (Phi) is 7.62. The summed E-state index contributed by atoms with van der Waals surface area (Å²) < 4.78 is 0. The fourth-order valence-corrected chi connectivity index (χ4v) is 3.53. The van der Waals surface area contributed by atoms with Gasteiger partial charge in [0.2, 0.25) is 11.8 Å². The fourth-order valence-electron chi connectivity index (χ4n) is 3.53. The maximum absolute atomic E-state index is 12.8. The van der Waals surface area contributed by atoms with E-state index < -0.39 is 0 Å². The smallest absolute Gasteiger partial charge is 0.227 e. The summed E-state index contributed by atoms with van der Waals surface area (Å²) in [5.74, 6) is -0.415. The van der Waals surface area contributed by atoms with E-state index in [-0.39, 0.29) is 37.8 Å². The van der Waals surface area contributed by atoms with E-state index in [1.54, 1.807) is 0 Å². The van der Waals surface area contributed by atoms with Crippen LogP contribution in [0.5, 0.6) is 0 Å². The first-order valence-corrected chi connectivity index (χ1v) is 10.6. The van der Waals surface area contributed by atoms with Gasteiger partial charge in [0.1, 0.15) is 0 Å². The molecule has 3 N–H and O–H groups in total. The Bertz CT molecular complexity index is 1070. The van der Waals surface area contributed by atoms with E-state index in [4.69, 9.17) is 0 Å². The number of aliphatic hydroxyl groups is 1. The maximum Gasteiger partial charge on any atom is 0.227 e. The van der Waals surface area contributed by atoms with E-state index in [0.29, 0.717) is 11.4 Å². The number of carbonyl (C=O) groups is 2. The van der Waals surface area contributed by atoms with Crippen LogP contribution in [0.2, 0.25) is 0 Å². The molecule has 2 aromatic carbocycles. The van der Waals surface area contributed by atoms with Gasteiger partial charge in [0, 0.05) is 47.9 Å². The zero-order valence-electron chi connectivity index (χ0n) is 18.0. The third-order valence-corrected chi connectivity index (χ3v) is 5.17. The van der Waals surface area contributed by atoms with Crippen LogP contribution in [0.4, 0.5) is 11.4 Å². The molecule has 6 heteroatoms. The number of H-pyrrole nitrogens is 1. The summed E-state index contributed by atoms with van der Waals surface area (Å²) in [6.07, 6.45) is 5.11. The van der Waals surface area contributed by atoms with Gasteiger partial charge in [0.05, 0.1) is 6.61 Å². The molecule has 31 heavy (non-hydrogen) atoms. The van der Waals surface area contributed by atoms with Crippen molar-refractivity contribution in [1.82, 2.24) is 4.98 Å². The zero-order valence-corrected chi connectivity index (χ0v) is 18.0. The molecule has 0 atom stereocenters. The third-order valence-electron chi connectivity index (χ3n) is 5.17. The van der Waals surface area contributed by atoms with E-state index in [2.05, 4.69) is 30.2 Å². The Labute approximate surface area is 182 Å². The highest BCUT2D eigenvalue weighted by molar-refractivity contribution is 5.99. The molecule has 0 aliphatic heterocycles. The van der Waals surface area contributed by atoms with E-state index >= 15 is 0 Å². The van der Waals surface area contributed by atoms with Crippen LogP contribution >= 0.6 is 0 Å². The number of amides is 2. The predicted octanol–water partition coefficient (Wildman–Crippen LogP) is 4.73. The molecule has 0 unspecified atom stereocenters. The number of fused-ring (bicyclic) bond motifs is 1. The molecule has 0 fully saturated rings. The van der Waals surface area contributed by atoms with Crippen LogP contribution in [0.15, 0.2) is 60.8 Å². The number of aliphatic hydroxyl groups excluding tert-OH is 1. The number of allylic oxidation sites excluding steroid dienone is 2. The molecule has 0 bridgehead atoms. The van der Waals surface area contributed by atoms with E-state index in [9.17, 15) is 14.7 Å². The molecule has 0 saturated heterocycles. The largest absolute Gasteiger partial charge is 0.395 e. The number of hydrogen-bond donors (Lipinski definition) is 3. The number of benzene rings is 2. The SMILES string of the molecule is CCC=C(C)c1ccc(NC(=O)CCC(=O)N(CCO)c2ccc3[nH]ccc3c2)cc1. The second kappa shape index (κ2) is 10.6. The van der Waals surface area contributed by atoms with Gasteiger partial charge in [-0.1, -0.05) is 25.1 Å². The quantitative estimate of drug-likeness (QED) is 0.469. The average Bonchev–Trinajstić information content (AvgIpc) is 3.24. The topological polar surface area (TPSA) is 85.4 Å². The molecule has 6 nitrogen and oxygen atoms in total. The highest BCUT2D eigenvalue weighted by atomic mass is 16.3. The number of aromatic nitrogens is 1. The van der Waals surface area contributed by atoms with Crippen molar-refractivity contribution in [3.63, 3.8) is 0 Å². The molecule has 3 aromatic rings. The van der Waals surface area contributed by atoms with Crippen LogP contribution in [0.1, 0.15) is 38.7 Å². The summed E-state index contributed by atoms with van der Waals surface area (Å²) in [5.41, 5.74) is 4.71. The van der Waals surface area contributed by atoms with Crippen molar-refractivity contribution in [2.45, 2.75) is 33.1 Å². The Morgan fingerprint density at radius 1 is 1.10 bits per heavy atom. The number of carbonyl (C=O) groups excluding carboxylic acids is 2. The van der Waals surface area contributed by atoms with Crippen LogP contribution in [0.3, 0.4) is 0 Å². The van der Waals surface area contributed by atoms with Gasteiger partial charge in [-0.05, 0) is 60.9 Å². The van der Waals surface area contributed by atoms with E-state index in [1.807, 2.05) is 54.7 Å². The molecule has 1 aromatic heterocycles. The van der Waals surface area contributed by atoms with Gasteiger partial charge < -0.3 is 20.3 Å². The molecule has 0 saturated carbocycles. The lowest BCUT2D eigenvalue weighted by molar-refractivity contribution is -0.122. The summed E-state index contributed by atoms with van der Waals surface area (Å²) in [6.45, 7) is 4.19. The van der Waals surface area contributed by atoms with Crippen molar-refractivity contribution in [3.8, 4) is 0 Å². The third kappa shape index (κ3) is 5.83. The lowest BCUT2D eigenvalue weighted by Gasteiger charge is -2.22. The summed E-state index contributed by atoms with van der Waals surface area (Å²) in [7, 11) is 0. The summed E-state index contributed by atoms with van der Waals surface area (Å²) in [4.78, 5) is 29.8. The number of rotatable bonds is 9. The van der Waals surface area contributed by atoms with E-state index in [1.165, 1.54) is 10.5 Å². The Morgan fingerprint density at radius 2 is 1.87 bits per heavy atom. The summed E-state index contributed by atoms with van der Waals surface area (Å²) in [6, 6.07) is 15.2. The first-order chi connectivity index (χ1) is 15.0. The molecule has 1 heterocycles. The van der Waals surface area contributed by atoms with Crippen LogP contribution in [0.25, 0.3) is 16.5 Å². The van der Waals surface area contributed by atoms with Gasteiger partial charge in [-0.25, -0.2) is 0 Å². The number of anilines is 2. The molecule has 0 spiro atoms. The van der Waals surface area contributed by atoms with Crippen molar-refractivity contribution in [1.29, 1.82) is 0 Å². The fraction of sp³-hybridized carbons (Fsp3) is 0.280. The lowest BCUT2D eigenvalue weighted by atomic mass is 10.1. The van der Waals surface area contributed by atoms with E-state index in [0.717, 1.165) is 22.9 Å². The van der Waals surface area contributed by atoms with Gasteiger partial charge in [0.15, 0.2) is 0 Å². The second-order valence-electron chi connectivity index (χ2n) is 7.44. The summed E-state index contributed by atoms with van der Waals surface area (Å²) in [5, 5.41) is 13.2. The van der Waals surface area contributed by atoms with Crippen molar-refractivity contribution >= 4 is 39.7 Å². The molecule has 0 aliphatic rings. The van der Waals surface area contributed by atoms with Crippen LogP contribution in [0, 0.1) is 0 Å². The Balaban J connectivity index is 1.58. The first-order valence-electron chi connectivity index (χ1n) is 10.6. The maximum atomic E-state index is 12.8. The van der Waals surface area contributed by atoms with Crippen molar-refractivity contribution in [2.75, 3.05) is 23.4 Å². The normalized spacial score (nSPS) is 11.5. The zero-order chi connectivity index (χ0) is 22.2. The van der Waals surface area contributed by atoms with Crippen molar-refractivity contribution < 1.29 is 14.7 Å². The first kappa shape index (κ1) is 22.3. The van der Waals surface area contributed by atoms with Crippen molar-refractivity contribution in [2.24, 2.45) is 0 Å². The van der Waals surface area contributed by atoms with Crippen LogP contribution < -0.4 is 10.2 Å². The number of hydrogen-bond acceptors (Lipinski definition) is 3.